The molecule has 2 nitrogen and oxygen atoms in total. The van der Waals surface area contributed by atoms with Crippen LogP contribution in [0.25, 0.3) is 0 Å². The van der Waals surface area contributed by atoms with E-state index in [1.165, 1.54) is 36.2 Å². The third kappa shape index (κ3) is 1.26. The van der Waals surface area contributed by atoms with Gasteiger partial charge >= 0.3 is 0 Å². The second-order valence-electron chi connectivity index (χ2n) is 3.34. The van der Waals surface area contributed by atoms with Crippen LogP contribution in [0.5, 0.6) is 0 Å². The van der Waals surface area contributed by atoms with E-state index in [2.05, 4.69) is 23.6 Å². The fourth-order valence-corrected chi connectivity index (χ4v) is 1.77. The molecule has 0 atom stereocenters. The van der Waals surface area contributed by atoms with Gasteiger partial charge in [-0.1, -0.05) is 7.43 Å². The first-order valence-electron chi connectivity index (χ1n) is 4.32. The molecule has 1 aliphatic heterocycles. The largest absolute Gasteiger partial charge is 0.269 e. The molecule has 12 heavy (non-hydrogen) atoms. The summed E-state index contributed by atoms with van der Waals surface area (Å²) < 4.78 is 2.17. The zero-order valence-corrected chi connectivity index (χ0v) is 7.22. The summed E-state index contributed by atoms with van der Waals surface area (Å²) in [6.07, 6.45) is 3.87. The summed E-state index contributed by atoms with van der Waals surface area (Å²) in [6.45, 7) is 5.41. The zero-order chi connectivity index (χ0) is 7.84. The number of aryl methyl sites for hydroxylation is 2. The molecular formula is C10H18N2. The average Bonchev–Trinajstić information content (AvgIpc) is 2.30. The van der Waals surface area contributed by atoms with Crippen LogP contribution >= 0.6 is 0 Å². The second kappa shape index (κ2) is 3.30. The monoisotopic (exact) mass is 166 g/mol. The van der Waals surface area contributed by atoms with Crippen molar-refractivity contribution >= 4 is 0 Å². The van der Waals surface area contributed by atoms with Gasteiger partial charge in [0.25, 0.3) is 0 Å². The van der Waals surface area contributed by atoms with E-state index in [0.29, 0.717) is 0 Å². The van der Waals surface area contributed by atoms with E-state index in [9.17, 15) is 0 Å². The fourth-order valence-electron chi connectivity index (χ4n) is 1.77. The molecule has 0 aliphatic carbocycles. The van der Waals surface area contributed by atoms with Crippen molar-refractivity contribution in [2.45, 2.75) is 47.1 Å². The van der Waals surface area contributed by atoms with Crippen LogP contribution in [-0.4, -0.2) is 9.78 Å². The highest BCUT2D eigenvalue weighted by atomic mass is 15.3. The molecule has 0 bridgehead atoms. The first-order valence-corrected chi connectivity index (χ1v) is 4.32. The van der Waals surface area contributed by atoms with E-state index < -0.39 is 0 Å². The smallest absolute Gasteiger partial charge is 0.0625 e. The van der Waals surface area contributed by atoms with Gasteiger partial charge in [-0.15, -0.1) is 0 Å². The fraction of sp³-hybridized carbons (Fsp3) is 0.700. The number of fused-ring (bicyclic) bond motifs is 1. The molecule has 0 fully saturated rings. The molecule has 0 saturated carbocycles. The average molecular weight is 166 g/mol. The Hall–Kier alpha value is -0.790. The van der Waals surface area contributed by atoms with Gasteiger partial charge < -0.3 is 0 Å². The minimum absolute atomic E-state index is 0. The molecular weight excluding hydrogens is 148 g/mol. The Morgan fingerprint density at radius 1 is 1.25 bits per heavy atom. The topological polar surface area (TPSA) is 17.8 Å². The maximum absolute atomic E-state index is 4.47. The van der Waals surface area contributed by atoms with E-state index in [1.54, 1.807) is 0 Å². The van der Waals surface area contributed by atoms with Crippen molar-refractivity contribution in [1.82, 2.24) is 9.78 Å². The summed E-state index contributed by atoms with van der Waals surface area (Å²) in [5, 5.41) is 4.47. The number of rotatable bonds is 0. The van der Waals surface area contributed by atoms with Crippen LogP contribution in [0.15, 0.2) is 0 Å². The van der Waals surface area contributed by atoms with Gasteiger partial charge in [0.15, 0.2) is 0 Å². The van der Waals surface area contributed by atoms with E-state index in [4.69, 9.17) is 0 Å². The molecule has 0 saturated heterocycles. The highest BCUT2D eigenvalue weighted by molar-refractivity contribution is 5.24. The van der Waals surface area contributed by atoms with Gasteiger partial charge in [0.2, 0.25) is 0 Å². The molecule has 2 heterocycles. The Bertz CT molecular complexity index is 274. The van der Waals surface area contributed by atoms with Crippen molar-refractivity contribution < 1.29 is 0 Å². The number of hydrogen-bond donors (Lipinski definition) is 0. The normalized spacial score (nSPS) is 15.2. The quantitative estimate of drug-likeness (QED) is 0.579. The molecule has 0 unspecified atom stereocenters. The van der Waals surface area contributed by atoms with Crippen molar-refractivity contribution in [2.75, 3.05) is 0 Å². The Labute approximate surface area is 74.6 Å². The predicted octanol–water partition coefficient (Wildman–Crippen LogP) is 2.47. The Balaban J connectivity index is 0.000000720. The lowest BCUT2D eigenvalue weighted by Crippen LogP contribution is -2.11. The summed E-state index contributed by atoms with van der Waals surface area (Å²) in [5.41, 5.74) is 4.08. The maximum Gasteiger partial charge on any atom is 0.0625 e. The van der Waals surface area contributed by atoms with Gasteiger partial charge in [0.05, 0.1) is 5.69 Å². The number of nitrogens with zero attached hydrogens (tertiary/aromatic N) is 2. The van der Waals surface area contributed by atoms with Crippen LogP contribution in [0.1, 0.15) is 37.2 Å². The Kier molecular flexibility index (Phi) is 2.55. The van der Waals surface area contributed by atoms with Crippen molar-refractivity contribution in [3.8, 4) is 0 Å². The summed E-state index contributed by atoms with van der Waals surface area (Å²) in [6, 6.07) is 0. The summed E-state index contributed by atoms with van der Waals surface area (Å²) in [4.78, 5) is 0. The van der Waals surface area contributed by atoms with Crippen molar-refractivity contribution in [2.24, 2.45) is 0 Å². The summed E-state index contributed by atoms with van der Waals surface area (Å²) in [7, 11) is 0. The van der Waals surface area contributed by atoms with E-state index in [0.717, 1.165) is 6.54 Å². The van der Waals surface area contributed by atoms with E-state index in [1.807, 2.05) is 0 Å². The minimum atomic E-state index is 0. The lowest BCUT2D eigenvalue weighted by Gasteiger charge is -2.13. The van der Waals surface area contributed by atoms with Crippen LogP contribution in [0.2, 0.25) is 0 Å². The zero-order valence-electron chi connectivity index (χ0n) is 7.22. The SMILES string of the molecule is C.Cc1nn2c(c1C)CCCC2. The lowest BCUT2D eigenvalue weighted by atomic mass is 10.1. The van der Waals surface area contributed by atoms with Gasteiger partial charge in [0.1, 0.15) is 0 Å². The highest BCUT2D eigenvalue weighted by Crippen LogP contribution is 2.19. The standard InChI is InChI=1S/C9H14N2.CH4/c1-7-8(2)10-11-6-4-3-5-9(7)11;/h3-6H2,1-2H3;1H4. The maximum atomic E-state index is 4.47. The van der Waals surface area contributed by atoms with Gasteiger partial charge in [0, 0.05) is 12.2 Å². The lowest BCUT2D eigenvalue weighted by molar-refractivity contribution is 0.483. The van der Waals surface area contributed by atoms with Crippen LogP contribution in [0, 0.1) is 13.8 Å². The van der Waals surface area contributed by atoms with Crippen molar-refractivity contribution in [3.63, 3.8) is 0 Å². The molecule has 1 aliphatic rings. The molecule has 0 aromatic carbocycles. The van der Waals surface area contributed by atoms with Gasteiger partial charge in [-0.05, 0) is 38.7 Å². The molecule has 2 rings (SSSR count). The molecule has 0 spiro atoms. The molecule has 2 heteroatoms. The van der Waals surface area contributed by atoms with Gasteiger partial charge in [-0.3, -0.25) is 4.68 Å². The second-order valence-corrected chi connectivity index (χ2v) is 3.34. The number of aromatic nitrogens is 2. The first kappa shape index (κ1) is 9.30. The van der Waals surface area contributed by atoms with Gasteiger partial charge in [-0.2, -0.15) is 5.10 Å². The van der Waals surface area contributed by atoms with Crippen LogP contribution in [-0.2, 0) is 13.0 Å². The third-order valence-corrected chi connectivity index (χ3v) is 2.59. The predicted molar refractivity (Wildman–Crippen MR) is 51.4 cm³/mol. The molecule has 0 radical (unpaired) electrons. The van der Waals surface area contributed by atoms with Crippen LogP contribution < -0.4 is 0 Å². The summed E-state index contributed by atoms with van der Waals surface area (Å²) >= 11 is 0. The van der Waals surface area contributed by atoms with Crippen LogP contribution in [0.3, 0.4) is 0 Å². The molecule has 0 amide bonds. The molecule has 0 N–H and O–H groups in total. The van der Waals surface area contributed by atoms with E-state index in [-0.39, 0.29) is 7.43 Å². The number of hydrogen-bond acceptors (Lipinski definition) is 1. The van der Waals surface area contributed by atoms with Crippen molar-refractivity contribution in [3.05, 3.63) is 17.0 Å². The minimum Gasteiger partial charge on any atom is -0.269 e. The molecule has 1 aromatic rings. The molecule has 1 aromatic heterocycles. The Morgan fingerprint density at radius 2 is 2.00 bits per heavy atom. The Morgan fingerprint density at radius 3 is 2.67 bits per heavy atom. The van der Waals surface area contributed by atoms with Crippen LogP contribution in [0.4, 0.5) is 0 Å². The molecule has 68 valence electrons. The highest BCUT2D eigenvalue weighted by Gasteiger charge is 2.14. The summed E-state index contributed by atoms with van der Waals surface area (Å²) in [5.74, 6) is 0. The first-order chi connectivity index (χ1) is 5.29. The van der Waals surface area contributed by atoms with Crippen molar-refractivity contribution in [1.29, 1.82) is 0 Å². The van der Waals surface area contributed by atoms with Gasteiger partial charge in [-0.25, -0.2) is 0 Å². The third-order valence-electron chi connectivity index (χ3n) is 2.59. The van der Waals surface area contributed by atoms with E-state index >= 15 is 0 Å².